The molecule has 1 saturated carbocycles. The lowest BCUT2D eigenvalue weighted by atomic mass is 9.89. The van der Waals surface area contributed by atoms with E-state index in [2.05, 4.69) is 15.3 Å². The number of hydrogen-bond donors (Lipinski definition) is 2. The van der Waals surface area contributed by atoms with Gasteiger partial charge in [-0.1, -0.05) is 0 Å². The van der Waals surface area contributed by atoms with Gasteiger partial charge < -0.3 is 10.4 Å². The van der Waals surface area contributed by atoms with Gasteiger partial charge in [-0.05, 0) is 32.8 Å². The van der Waals surface area contributed by atoms with Crippen LogP contribution in [-0.4, -0.2) is 27.2 Å². The Bertz CT molecular complexity index is 320. The zero-order chi connectivity index (χ0) is 10.1. The quantitative estimate of drug-likeness (QED) is 0.736. The van der Waals surface area contributed by atoms with Gasteiger partial charge in [0.15, 0.2) is 0 Å². The van der Waals surface area contributed by atoms with Crippen molar-refractivity contribution in [3.63, 3.8) is 0 Å². The lowest BCUT2D eigenvalue weighted by Gasteiger charge is -2.32. The fourth-order valence-corrected chi connectivity index (χ4v) is 1.61. The second-order valence-electron chi connectivity index (χ2n) is 3.87. The van der Waals surface area contributed by atoms with Crippen molar-refractivity contribution in [2.75, 3.05) is 5.32 Å². The molecule has 0 aliphatic heterocycles. The zero-order valence-corrected chi connectivity index (χ0v) is 8.49. The number of nitrogens with one attached hydrogen (secondary N) is 1. The molecule has 1 heterocycles. The number of aryl methyl sites for hydroxylation is 2. The molecule has 1 aromatic rings. The molecule has 0 amide bonds. The van der Waals surface area contributed by atoms with Crippen molar-refractivity contribution >= 4 is 5.95 Å². The van der Waals surface area contributed by atoms with Crippen molar-refractivity contribution in [2.45, 2.75) is 38.8 Å². The predicted octanol–water partition coefficient (Wildman–Crippen LogP) is 1.03. The highest BCUT2D eigenvalue weighted by Crippen LogP contribution is 2.22. The van der Waals surface area contributed by atoms with Crippen LogP contribution >= 0.6 is 0 Å². The Morgan fingerprint density at radius 2 is 1.93 bits per heavy atom. The minimum absolute atomic E-state index is 0.135. The summed E-state index contributed by atoms with van der Waals surface area (Å²) in [4.78, 5) is 8.51. The highest BCUT2D eigenvalue weighted by atomic mass is 16.3. The lowest BCUT2D eigenvalue weighted by Crippen LogP contribution is -2.43. The topological polar surface area (TPSA) is 58.0 Å². The maximum atomic E-state index is 9.39. The molecule has 1 aliphatic rings. The Labute approximate surface area is 83.4 Å². The first-order valence-electron chi connectivity index (χ1n) is 4.92. The average molecular weight is 193 g/mol. The third-order valence-electron chi connectivity index (χ3n) is 2.53. The van der Waals surface area contributed by atoms with Crippen LogP contribution in [0.3, 0.4) is 0 Å². The van der Waals surface area contributed by atoms with E-state index in [-0.39, 0.29) is 12.1 Å². The van der Waals surface area contributed by atoms with Gasteiger partial charge in [0.25, 0.3) is 0 Å². The maximum Gasteiger partial charge on any atom is 0.223 e. The van der Waals surface area contributed by atoms with E-state index < -0.39 is 0 Å². The third kappa shape index (κ3) is 1.85. The summed E-state index contributed by atoms with van der Waals surface area (Å²) in [6.07, 6.45) is 1.64. The Morgan fingerprint density at radius 3 is 2.36 bits per heavy atom. The van der Waals surface area contributed by atoms with E-state index >= 15 is 0 Å². The summed E-state index contributed by atoms with van der Waals surface area (Å²) in [6.45, 7) is 3.88. The molecule has 76 valence electrons. The highest BCUT2D eigenvalue weighted by molar-refractivity contribution is 5.30. The summed E-state index contributed by atoms with van der Waals surface area (Å²) < 4.78 is 0. The standard InChI is InChI=1S/C10H15N3O/c1-6-5-7(2)12-10(11-6)13-8-3-4-9(8)14/h5,8-9,14H,3-4H2,1-2H3,(H,11,12,13)/t8-,9-/m1/s1. The normalized spacial score (nSPS) is 25.6. The van der Waals surface area contributed by atoms with Gasteiger partial charge in [0.05, 0.1) is 12.1 Å². The van der Waals surface area contributed by atoms with Gasteiger partial charge in [-0.25, -0.2) is 9.97 Å². The molecule has 0 spiro atoms. The lowest BCUT2D eigenvalue weighted by molar-refractivity contribution is 0.0782. The van der Waals surface area contributed by atoms with E-state index in [1.54, 1.807) is 0 Å². The van der Waals surface area contributed by atoms with E-state index in [9.17, 15) is 5.11 Å². The second-order valence-corrected chi connectivity index (χ2v) is 3.87. The van der Waals surface area contributed by atoms with Crippen LogP contribution in [0.2, 0.25) is 0 Å². The van der Waals surface area contributed by atoms with Gasteiger partial charge in [-0.3, -0.25) is 0 Å². The number of aromatic nitrogens is 2. The number of nitrogens with zero attached hydrogens (tertiary/aromatic N) is 2. The van der Waals surface area contributed by atoms with Crippen molar-refractivity contribution in [1.29, 1.82) is 0 Å². The molecule has 0 saturated heterocycles. The first-order chi connectivity index (χ1) is 6.65. The molecule has 2 N–H and O–H groups in total. The molecule has 0 radical (unpaired) electrons. The van der Waals surface area contributed by atoms with Crippen LogP contribution in [0, 0.1) is 13.8 Å². The second kappa shape index (κ2) is 3.53. The van der Waals surface area contributed by atoms with Gasteiger partial charge in [0.1, 0.15) is 0 Å². The summed E-state index contributed by atoms with van der Waals surface area (Å²) in [5.74, 6) is 0.631. The third-order valence-corrected chi connectivity index (χ3v) is 2.53. The summed E-state index contributed by atoms with van der Waals surface area (Å²) in [7, 11) is 0. The van der Waals surface area contributed by atoms with Crippen LogP contribution in [0.25, 0.3) is 0 Å². The Balaban J connectivity index is 2.08. The molecule has 14 heavy (non-hydrogen) atoms. The first-order valence-corrected chi connectivity index (χ1v) is 4.92. The van der Waals surface area contributed by atoms with Crippen molar-refractivity contribution < 1.29 is 5.11 Å². The van der Waals surface area contributed by atoms with E-state index in [4.69, 9.17) is 0 Å². The number of aliphatic hydroxyl groups is 1. The minimum Gasteiger partial charge on any atom is -0.391 e. The highest BCUT2D eigenvalue weighted by Gasteiger charge is 2.29. The summed E-state index contributed by atoms with van der Waals surface area (Å²) in [6, 6.07) is 2.07. The van der Waals surface area contributed by atoms with E-state index in [0.29, 0.717) is 5.95 Å². The van der Waals surface area contributed by atoms with E-state index in [1.165, 1.54) is 0 Å². The Kier molecular flexibility index (Phi) is 2.37. The predicted molar refractivity (Wildman–Crippen MR) is 54.2 cm³/mol. The molecule has 4 heteroatoms. The van der Waals surface area contributed by atoms with Gasteiger partial charge in [-0.15, -0.1) is 0 Å². The van der Waals surface area contributed by atoms with Gasteiger partial charge >= 0.3 is 0 Å². The number of rotatable bonds is 2. The van der Waals surface area contributed by atoms with Crippen LogP contribution in [-0.2, 0) is 0 Å². The van der Waals surface area contributed by atoms with Gasteiger partial charge in [-0.2, -0.15) is 0 Å². The van der Waals surface area contributed by atoms with Crippen molar-refractivity contribution in [3.8, 4) is 0 Å². The summed E-state index contributed by atoms with van der Waals surface area (Å²) >= 11 is 0. The molecule has 0 bridgehead atoms. The maximum absolute atomic E-state index is 9.39. The van der Waals surface area contributed by atoms with Crippen molar-refractivity contribution in [3.05, 3.63) is 17.5 Å². The van der Waals surface area contributed by atoms with Crippen molar-refractivity contribution in [1.82, 2.24) is 9.97 Å². The van der Waals surface area contributed by atoms with E-state index in [0.717, 1.165) is 24.2 Å². The SMILES string of the molecule is Cc1cc(C)nc(N[C@@H]2CC[C@H]2O)n1. The molecular weight excluding hydrogens is 178 g/mol. The van der Waals surface area contributed by atoms with E-state index in [1.807, 2.05) is 19.9 Å². The van der Waals surface area contributed by atoms with Crippen LogP contribution < -0.4 is 5.32 Å². The molecule has 1 aliphatic carbocycles. The molecule has 0 aromatic carbocycles. The molecule has 1 aromatic heterocycles. The van der Waals surface area contributed by atoms with Crippen LogP contribution in [0.1, 0.15) is 24.2 Å². The fourth-order valence-electron chi connectivity index (χ4n) is 1.61. The molecule has 2 rings (SSSR count). The summed E-state index contributed by atoms with van der Waals surface area (Å²) in [5.41, 5.74) is 1.91. The van der Waals surface area contributed by atoms with Crippen LogP contribution in [0.15, 0.2) is 6.07 Å². The molecule has 0 unspecified atom stereocenters. The van der Waals surface area contributed by atoms with Gasteiger partial charge in [0, 0.05) is 11.4 Å². The molecule has 1 fully saturated rings. The Hall–Kier alpha value is -1.16. The number of hydrogen-bond acceptors (Lipinski definition) is 4. The van der Waals surface area contributed by atoms with Gasteiger partial charge in [0.2, 0.25) is 5.95 Å². The monoisotopic (exact) mass is 193 g/mol. The minimum atomic E-state index is -0.237. The number of aliphatic hydroxyl groups excluding tert-OH is 1. The molecule has 4 nitrogen and oxygen atoms in total. The Morgan fingerprint density at radius 1 is 1.29 bits per heavy atom. The smallest absolute Gasteiger partial charge is 0.223 e. The summed E-state index contributed by atoms with van der Waals surface area (Å²) in [5, 5.41) is 12.5. The molecular formula is C10H15N3O. The zero-order valence-electron chi connectivity index (χ0n) is 8.49. The first kappa shape index (κ1) is 9.40. The van der Waals surface area contributed by atoms with Crippen LogP contribution in [0.4, 0.5) is 5.95 Å². The largest absolute Gasteiger partial charge is 0.391 e. The van der Waals surface area contributed by atoms with Crippen molar-refractivity contribution in [2.24, 2.45) is 0 Å². The fraction of sp³-hybridized carbons (Fsp3) is 0.600. The molecule has 2 atom stereocenters. The number of anilines is 1. The average Bonchev–Trinajstić information content (AvgIpc) is 2.10. The van der Waals surface area contributed by atoms with Crippen LogP contribution in [0.5, 0.6) is 0 Å².